The van der Waals surface area contributed by atoms with Gasteiger partial charge in [0, 0.05) is 20.6 Å². The van der Waals surface area contributed by atoms with Crippen molar-refractivity contribution in [2.24, 2.45) is 7.05 Å². The number of likely N-dealkylation sites (tertiary alicyclic amines) is 1. The van der Waals surface area contributed by atoms with Crippen LogP contribution >= 0.6 is 11.6 Å². The molecule has 3 rings (SSSR count). The van der Waals surface area contributed by atoms with Crippen LogP contribution in [0.25, 0.3) is 11.4 Å². The van der Waals surface area contributed by atoms with Crippen molar-refractivity contribution in [2.45, 2.75) is 18.8 Å². The Hall–Kier alpha value is -1.88. The summed E-state index contributed by atoms with van der Waals surface area (Å²) in [6.07, 6.45) is 0.780. The first-order chi connectivity index (χ1) is 9.91. The second kappa shape index (κ2) is 4.84. The highest BCUT2D eigenvalue weighted by atomic mass is 35.5. The monoisotopic (exact) mass is 304 g/mol. The van der Waals surface area contributed by atoms with Crippen LogP contribution in [0.4, 0.5) is 0 Å². The molecule has 0 N–H and O–H groups in total. The SMILES string of the molecule is CN1CCC(C)(c2cc(-c3cccc(Cl)n3)n(C)n2)C1=O. The van der Waals surface area contributed by atoms with E-state index < -0.39 is 5.41 Å². The zero-order valence-corrected chi connectivity index (χ0v) is 13.1. The summed E-state index contributed by atoms with van der Waals surface area (Å²) in [5.74, 6) is 0.117. The summed E-state index contributed by atoms with van der Waals surface area (Å²) in [6, 6.07) is 7.42. The molecule has 1 fully saturated rings. The number of aryl methyl sites for hydroxylation is 1. The number of carbonyl (C=O) groups excluding carboxylic acids is 1. The third-order valence-corrected chi connectivity index (χ3v) is 4.40. The molecule has 6 heteroatoms. The molecule has 21 heavy (non-hydrogen) atoms. The summed E-state index contributed by atoms with van der Waals surface area (Å²) in [7, 11) is 3.68. The molecule has 0 saturated carbocycles. The van der Waals surface area contributed by atoms with Crippen molar-refractivity contribution in [2.75, 3.05) is 13.6 Å². The molecule has 0 aliphatic carbocycles. The number of nitrogens with zero attached hydrogens (tertiary/aromatic N) is 4. The van der Waals surface area contributed by atoms with Gasteiger partial charge < -0.3 is 4.90 Å². The molecular weight excluding hydrogens is 288 g/mol. The molecule has 0 radical (unpaired) electrons. The number of amides is 1. The minimum absolute atomic E-state index is 0.117. The molecule has 5 nitrogen and oxygen atoms in total. The fourth-order valence-corrected chi connectivity index (χ4v) is 2.95. The van der Waals surface area contributed by atoms with Crippen molar-refractivity contribution < 1.29 is 4.79 Å². The second-order valence-corrected chi connectivity index (χ2v) is 6.08. The van der Waals surface area contributed by atoms with Gasteiger partial charge in [-0.2, -0.15) is 5.10 Å². The van der Waals surface area contributed by atoms with Crippen LogP contribution in [0.3, 0.4) is 0 Å². The Morgan fingerprint density at radius 2 is 2.10 bits per heavy atom. The van der Waals surface area contributed by atoms with Crippen molar-refractivity contribution in [3.05, 3.63) is 35.1 Å². The maximum atomic E-state index is 12.4. The second-order valence-electron chi connectivity index (χ2n) is 5.69. The van der Waals surface area contributed by atoms with Gasteiger partial charge in [-0.3, -0.25) is 9.48 Å². The van der Waals surface area contributed by atoms with Gasteiger partial charge in [0.2, 0.25) is 5.91 Å². The number of pyridine rings is 1. The van der Waals surface area contributed by atoms with Gasteiger partial charge in [0.05, 0.1) is 22.5 Å². The predicted octanol–water partition coefficient (Wildman–Crippen LogP) is 2.26. The van der Waals surface area contributed by atoms with Crippen LogP contribution in [0.5, 0.6) is 0 Å². The highest BCUT2D eigenvalue weighted by Gasteiger charge is 2.44. The van der Waals surface area contributed by atoms with Crippen LogP contribution in [0, 0.1) is 0 Å². The first kappa shape index (κ1) is 14.1. The molecule has 2 aromatic heterocycles. The topological polar surface area (TPSA) is 51.0 Å². The fraction of sp³-hybridized carbons (Fsp3) is 0.400. The predicted molar refractivity (Wildman–Crippen MR) is 81.1 cm³/mol. The van der Waals surface area contributed by atoms with Crippen molar-refractivity contribution in [1.29, 1.82) is 0 Å². The van der Waals surface area contributed by atoms with Gasteiger partial charge in [-0.25, -0.2) is 4.98 Å². The van der Waals surface area contributed by atoms with Gasteiger partial charge in [0.15, 0.2) is 0 Å². The summed E-state index contributed by atoms with van der Waals surface area (Å²) >= 11 is 5.95. The molecular formula is C15H17ClN4O. The molecule has 3 heterocycles. The number of carbonyl (C=O) groups is 1. The average Bonchev–Trinajstić information content (AvgIpc) is 2.96. The van der Waals surface area contributed by atoms with E-state index >= 15 is 0 Å². The Labute approximate surface area is 128 Å². The lowest BCUT2D eigenvalue weighted by Crippen LogP contribution is -2.34. The van der Waals surface area contributed by atoms with Crippen LogP contribution in [0.2, 0.25) is 5.15 Å². The molecule has 0 bridgehead atoms. The lowest BCUT2D eigenvalue weighted by molar-refractivity contribution is -0.131. The molecule has 2 aromatic rings. The molecule has 1 amide bonds. The highest BCUT2D eigenvalue weighted by molar-refractivity contribution is 6.29. The lowest BCUT2D eigenvalue weighted by atomic mass is 9.85. The van der Waals surface area contributed by atoms with Crippen LogP contribution < -0.4 is 0 Å². The summed E-state index contributed by atoms with van der Waals surface area (Å²) in [5, 5.41) is 4.98. The van der Waals surface area contributed by atoms with Gasteiger partial charge >= 0.3 is 0 Å². The van der Waals surface area contributed by atoms with E-state index in [9.17, 15) is 4.79 Å². The molecule has 0 spiro atoms. The number of likely N-dealkylation sites (N-methyl/N-ethyl adjacent to an activating group) is 1. The van der Waals surface area contributed by atoms with Crippen molar-refractivity contribution in [3.8, 4) is 11.4 Å². The average molecular weight is 305 g/mol. The Kier molecular flexibility index (Phi) is 3.24. The minimum atomic E-state index is -0.552. The summed E-state index contributed by atoms with van der Waals surface area (Å²) in [5.41, 5.74) is 1.85. The van der Waals surface area contributed by atoms with E-state index in [0.29, 0.717) is 5.15 Å². The molecule has 1 aliphatic heterocycles. The largest absolute Gasteiger partial charge is 0.345 e. The maximum absolute atomic E-state index is 12.4. The fourth-order valence-electron chi connectivity index (χ4n) is 2.79. The molecule has 110 valence electrons. The normalized spacial score (nSPS) is 22.1. The Morgan fingerprint density at radius 3 is 2.71 bits per heavy atom. The zero-order valence-electron chi connectivity index (χ0n) is 12.3. The highest BCUT2D eigenvalue weighted by Crippen LogP contribution is 2.35. The van der Waals surface area contributed by atoms with E-state index in [-0.39, 0.29) is 5.91 Å². The van der Waals surface area contributed by atoms with E-state index in [4.69, 9.17) is 11.6 Å². The minimum Gasteiger partial charge on any atom is -0.345 e. The maximum Gasteiger partial charge on any atom is 0.234 e. The quantitative estimate of drug-likeness (QED) is 0.800. The van der Waals surface area contributed by atoms with Gasteiger partial charge in [0.25, 0.3) is 0 Å². The third kappa shape index (κ3) is 2.21. The van der Waals surface area contributed by atoms with Gasteiger partial charge in [-0.1, -0.05) is 17.7 Å². The lowest BCUT2D eigenvalue weighted by Gasteiger charge is -2.19. The van der Waals surface area contributed by atoms with Crippen molar-refractivity contribution in [1.82, 2.24) is 19.7 Å². The summed E-state index contributed by atoms with van der Waals surface area (Å²) in [4.78, 5) is 18.4. The van der Waals surface area contributed by atoms with Gasteiger partial charge in [0.1, 0.15) is 5.15 Å². The van der Waals surface area contributed by atoms with E-state index in [1.54, 1.807) is 15.6 Å². The number of rotatable bonds is 2. The smallest absolute Gasteiger partial charge is 0.234 e. The van der Waals surface area contributed by atoms with Gasteiger partial charge in [-0.15, -0.1) is 0 Å². The standard InChI is InChI=1S/C15H17ClN4O/c1-15(7-8-19(2)14(15)21)12-9-11(20(3)18-12)10-5-4-6-13(16)17-10/h4-6,9H,7-8H2,1-3H3. The molecule has 1 unspecified atom stereocenters. The van der Waals surface area contributed by atoms with Gasteiger partial charge in [-0.05, 0) is 31.5 Å². The zero-order chi connectivity index (χ0) is 15.2. The van der Waals surface area contributed by atoms with E-state index in [0.717, 1.165) is 30.0 Å². The first-order valence-corrected chi connectivity index (χ1v) is 7.22. The van der Waals surface area contributed by atoms with Crippen LogP contribution in [-0.4, -0.2) is 39.2 Å². The van der Waals surface area contributed by atoms with Crippen molar-refractivity contribution in [3.63, 3.8) is 0 Å². The third-order valence-electron chi connectivity index (χ3n) is 4.19. The summed E-state index contributed by atoms with van der Waals surface area (Å²) < 4.78 is 1.75. The van der Waals surface area contributed by atoms with Crippen molar-refractivity contribution >= 4 is 17.5 Å². The van der Waals surface area contributed by atoms with Crippen LogP contribution in [0.1, 0.15) is 19.0 Å². The Balaban J connectivity index is 2.05. The van der Waals surface area contributed by atoms with Crippen LogP contribution in [0.15, 0.2) is 24.3 Å². The van der Waals surface area contributed by atoms with E-state index in [1.807, 2.05) is 39.2 Å². The van der Waals surface area contributed by atoms with Crippen LogP contribution in [-0.2, 0) is 17.3 Å². The van der Waals surface area contributed by atoms with E-state index in [2.05, 4.69) is 10.1 Å². The number of hydrogen-bond donors (Lipinski definition) is 0. The Bertz CT molecular complexity index is 711. The number of hydrogen-bond acceptors (Lipinski definition) is 3. The molecule has 1 aliphatic rings. The molecule has 1 atom stereocenters. The Morgan fingerprint density at radius 1 is 1.33 bits per heavy atom. The first-order valence-electron chi connectivity index (χ1n) is 6.85. The molecule has 1 saturated heterocycles. The number of aromatic nitrogens is 3. The molecule has 0 aromatic carbocycles. The number of halogens is 1. The van der Waals surface area contributed by atoms with E-state index in [1.165, 1.54) is 0 Å². The summed E-state index contributed by atoms with van der Waals surface area (Å²) in [6.45, 7) is 2.72.